The normalized spacial score (nSPS) is 10.7. The quantitative estimate of drug-likeness (QED) is 0.480. The topological polar surface area (TPSA) is 104 Å². The fourth-order valence-corrected chi connectivity index (χ4v) is 3.03. The highest BCUT2D eigenvalue weighted by Crippen LogP contribution is 2.31. The van der Waals surface area contributed by atoms with Gasteiger partial charge in [-0.2, -0.15) is 4.98 Å². The number of fused-ring (bicyclic) bond motifs is 1. The maximum atomic E-state index is 12.4. The maximum absolute atomic E-state index is 12.4. The van der Waals surface area contributed by atoms with Gasteiger partial charge in [-0.1, -0.05) is 35.5 Å². The molecule has 4 aromatic rings. The molecule has 0 radical (unpaired) electrons. The number of nitrogens with zero attached hydrogens (tertiary/aromatic N) is 2. The summed E-state index contributed by atoms with van der Waals surface area (Å²) in [5.41, 5.74) is 0.717. The lowest BCUT2D eigenvalue weighted by Gasteiger charge is -2.07. The number of phenolic OH excluding ortho intramolecular Hbond substituents is 1. The zero-order valence-corrected chi connectivity index (χ0v) is 16.3. The summed E-state index contributed by atoms with van der Waals surface area (Å²) in [5, 5.41) is 15.7. The lowest BCUT2D eigenvalue weighted by molar-refractivity contribution is 0.0427. The Morgan fingerprint density at radius 2 is 1.83 bits per heavy atom. The Bertz CT molecular complexity index is 1220. The van der Waals surface area contributed by atoms with Gasteiger partial charge in [0, 0.05) is 10.9 Å². The summed E-state index contributed by atoms with van der Waals surface area (Å²) in [6, 6.07) is 15.7. The third-order valence-corrected chi connectivity index (χ3v) is 4.56. The number of ether oxygens (including phenoxy) is 3. The molecule has 3 aromatic carbocycles. The van der Waals surface area contributed by atoms with Gasteiger partial charge in [-0.15, -0.1) is 0 Å². The highest BCUT2D eigenvalue weighted by Gasteiger charge is 2.17. The van der Waals surface area contributed by atoms with Gasteiger partial charge in [-0.3, -0.25) is 0 Å². The first-order chi connectivity index (χ1) is 14.6. The number of aromatic nitrogens is 2. The first-order valence-electron chi connectivity index (χ1n) is 9.03. The summed E-state index contributed by atoms with van der Waals surface area (Å²) in [7, 11) is 3.08. The molecule has 0 aliphatic heterocycles. The van der Waals surface area contributed by atoms with Crippen LogP contribution in [-0.4, -0.2) is 35.4 Å². The molecule has 0 amide bonds. The maximum Gasteiger partial charge on any atom is 0.342 e. The van der Waals surface area contributed by atoms with Crippen molar-refractivity contribution in [3.05, 3.63) is 66.1 Å². The van der Waals surface area contributed by atoms with Crippen LogP contribution >= 0.6 is 0 Å². The number of benzene rings is 3. The standard InChI is InChI=1S/C22H18N2O6/c1-27-17-10-8-14(11-18(17)28-2)21-23-19(30-24-21)12-29-22(26)16-9-7-13-5-3-4-6-15(13)20(16)25/h3-11,25H,12H2,1-2H3. The van der Waals surface area contributed by atoms with Crippen LogP contribution in [0.5, 0.6) is 17.2 Å². The second kappa shape index (κ2) is 8.12. The molecule has 0 unspecified atom stereocenters. The third-order valence-electron chi connectivity index (χ3n) is 4.56. The van der Waals surface area contributed by atoms with Crippen molar-refractivity contribution in [2.45, 2.75) is 6.61 Å². The molecule has 8 heteroatoms. The van der Waals surface area contributed by atoms with Crippen molar-refractivity contribution in [2.75, 3.05) is 14.2 Å². The Morgan fingerprint density at radius 3 is 2.63 bits per heavy atom. The molecule has 0 bridgehead atoms. The minimum atomic E-state index is -0.691. The van der Waals surface area contributed by atoms with Crippen molar-refractivity contribution >= 4 is 16.7 Å². The van der Waals surface area contributed by atoms with Gasteiger partial charge in [0.15, 0.2) is 18.1 Å². The number of carbonyl (C=O) groups is 1. The van der Waals surface area contributed by atoms with Gasteiger partial charge in [0.1, 0.15) is 11.3 Å². The summed E-state index contributed by atoms with van der Waals surface area (Å²) in [5.74, 6) is 0.719. The smallest absolute Gasteiger partial charge is 0.342 e. The van der Waals surface area contributed by atoms with Crippen molar-refractivity contribution in [3.8, 4) is 28.6 Å². The zero-order valence-electron chi connectivity index (χ0n) is 16.3. The van der Waals surface area contributed by atoms with Crippen molar-refractivity contribution in [1.29, 1.82) is 0 Å². The van der Waals surface area contributed by atoms with E-state index in [0.717, 1.165) is 5.39 Å². The number of rotatable bonds is 6. The SMILES string of the molecule is COc1ccc(-c2noc(COC(=O)c3ccc4ccccc4c3O)n2)cc1OC. The van der Waals surface area contributed by atoms with Crippen LogP contribution in [0.3, 0.4) is 0 Å². The van der Waals surface area contributed by atoms with E-state index in [-0.39, 0.29) is 23.8 Å². The summed E-state index contributed by atoms with van der Waals surface area (Å²) in [4.78, 5) is 16.6. The van der Waals surface area contributed by atoms with Crippen molar-refractivity contribution < 1.29 is 28.6 Å². The molecule has 0 atom stereocenters. The largest absolute Gasteiger partial charge is 0.506 e. The van der Waals surface area contributed by atoms with E-state index in [0.29, 0.717) is 28.3 Å². The van der Waals surface area contributed by atoms with E-state index in [9.17, 15) is 9.90 Å². The van der Waals surface area contributed by atoms with E-state index in [1.807, 2.05) is 12.1 Å². The highest BCUT2D eigenvalue weighted by atomic mass is 16.6. The van der Waals surface area contributed by atoms with E-state index >= 15 is 0 Å². The Morgan fingerprint density at radius 1 is 1.03 bits per heavy atom. The van der Waals surface area contributed by atoms with Gasteiger partial charge < -0.3 is 23.8 Å². The summed E-state index contributed by atoms with van der Waals surface area (Å²) in [6.07, 6.45) is 0. The number of carbonyl (C=O) groups excluding carboxylic acids is 1. The van der Waals surface area contributed by atoms with Crippen molar-refractivity contribution in [1.82, 2.24) is 10.1 Å². The average Bonchev–Trinajstić information content (AvgIpc) is 3.26. The molecule has 1 aromatic heterocycles. The number of phenols is 1. The molecule has 30 heavy (non-hydrogen) atoms. The number of methoxy groups -OCH3 is 2. The molecule has 1 heterocycles. The fraction of sp³-hybridized carbons (Fsp3) is 0.136. The van der Waals surface area contributed by atoms with Gasteiger partial charge in [-0.25, -0.2) is 4.79 Å². The first-order valence-corrected chi connectivity index (χ1v) is 9.03. The minimum absolute atomic E-state index is 0.0633. The van der Waals surface area contributed by atoms with Gasteiger partial charge >= 0.3 is 5.97 Å². The van der Waals surface area contributed by atoms with Gasteiger partial charge in [-0.05, 0) is 29.7 Å². The molecular weight excluding hydrogens is 388 g/mol. The second-order valence-electron chi connectivity index (χ2n) is 6.34. The van der Waals surface area contributed by atoms with Crippen molar-refractivity contribution in [3.63, 3.8) is 0 Å². The molecule has 1 N–H and O–H groups in total. The van der Waals surface area contributed by atoms with Crippen LogP contribution in [0.2, 0.25) is 0 Å². The molecule has 4 rings (SSSR count). The van der Waals surface area contributed by atoms with E-state index < -0.39 is 5.97 Å². The molecule has 0 saturated heterocycles. The Hall–Kier alpha value is -4.07. The van der Waals surface area contributed by atoms with E-state index in [1.54, 1.807) is 43.5 Å². The summed E-state index contributed by atoms with van der Waals surface area (Å²) >= 11 is 0. The van der Waals surface area contributed by atoms with Crippen LogP contribution in [0.1, 0.15) is 16.2 Å². The van der Waals surface area contributed by atoms with Crippen LogP contribution in [0, 0.1) is 0 Å². The molecule has 152 valence electrons. The molecule has 0 aliphatic rings. The molecule has 8 nitrogen and oxygen atoms in total. The molecule has 0 aliphatic carbocycles. The number of aromatic hydroxyl groups is 1. The van der Waals surface area contributed by atoms with Crippen LogP contribution in [0.25, 0.3) is 22.2 Å². The molecule has 0 spiro atoms. The predicted molar refractivity (Wildman–Crippen MR) is 108 cm³/mol. The lowest BCUT2D eigenvalue weighted by atomic mass is 10.1. The zero-order chi connectivity index (χ0) is 21.1. The van der Waals surface area contributed by atoms with Gasteiger partial charge in [0.25, 0.3) is 5.89 Å². The molecule has 0 fully saturated rings. The lowest BCUT2D eigenvalue weighted by Crippen LogP contribution is -2.06. The van der Waals surface area contributed by atoms with Crippen LogP contribution in [0.4, 0.5) is 0 Å². The number of hydrogen-bond acceptors (Lipinski definition) is 8. The number of hydrogen-bond donors (Lipinski definition) is 1. The number of esters is 1. The van der Waals surface area contributed by atoms with E-state index in [2.05, 4.69) is 10.1 Å². The van der Waals surface area contributed by atoms with Crippen LogP contribution < -0.4 is 9.47 Å². The third kappa shape index (κ3) is 3.62. The van der Waals surface area contributed by atoms with E-state index in [4.69, 9.17) is 18.7 Å². The summed E-state index contributed by atoms with van der Waals surface area (Å²) < 4.78 is 20.9. The Balaban J connectivity index is 1.48. The predicted octanol–water partition coefficient (Wildman–Crippen LogP) is 3.97. The Kier molecular flexibility index (Phi) is 5.21. The minimum Gasteiger partial charge on any atom is -0.506 e. The molecular formula is C22H18N2O6. The van der Waals surface area contributed by atoms with Gasteiger partial charge in [0.2, 0.25) is 5.82 Å². The first kappa shape index (κ1) is 19.3. The molecule has 0 saturated carbocycles. The second-order valence-corrected chi connectivity index (χ2v) is 6.34. The van der Waals surface area contributed by atoms with Gasteiger partial charge in [0.05, 0.1) is 14.2 Å². The van der Waals surface area contributed by atoms with E-state index in [1.165, 1.54) is 13.2 Å². The summed E-state index contributed by atoms with van der Waals surface area (Å²) in [6.45, 7) is -0.231. The van der Waals surface area contributed by atoms with Crippen LogP contribution in [0.15, 0.2) is 59.1 Å². The average molecular weight is 406 g/mol. The highest BCUT2D eigenvalue weighted by molar-refractivity contribution is 6.01. The Labute approximate surface area is 171 Å². The monoisotopic (exact) mass is 406 g/mol. The van der Waals surface area contributed by atoms with Crippen molar-refractivity contribution in [2.24, 2.45) is 0 Å². The fourth-order valence-electron chi connectivity index (χ4n) is 3.03. The van der Waals surface area contributed by atoms with Crippen LogP contribution in [-0.2, 0) is 11.3 Å².